The molecule has 0 aliphatic rings. The number of hydrogen-bond donors (Lipinski definition) is 3. The third-order valence-electron chi connectivity index (χ3n) is 0.555. The van der Waals surface area contributed by atoms with Gasteiger partial charge in [0.05, 0.1) is 6.61 Å². The zero-order valence-electron chi connectivity index (χ0n) is 6.92. The molecular weight excluding hydrogens is 199 g/mol. The van der Waals surface area contributed by atoms with Crippen LogP contribution in [0.5, 0.6) is 0 Å². The van der Waals surface area contributed by atoms with Crippen LogP contribution in [0.2, 0.25) is 0 Å². The fourth-order valence-corrected chi connectivity index (χ4v) is 0.232. The van der Waals surface area contributed by atoms with Gasteiger partial charge in [0.1, 0.15) is 0 Å². The van der Waals surface area contributed by atoms with Gasteiger partial charge in [0.2, 0.25) is 0 Å². The molecule has 6 nitrogen and oxygen atoms in total. The summed E-state index contributed by atoms with van der Waals surface area (Å²) < 4.78 is 13.4. The molecule has 0 amide bonds. The molecule has 0 aromatic carbocycles. The van der Waals surface area contributed by atoms with Crippen molar-refractivity contribution in [3.63, 3.8) is 0 Å². The molecule has 0 aliphatic heterocycles. The van der Waals surface area contributed by atoms with Crippen molar-refractivity contribution in [2.75, 3.05) is 6.61 Å². The minimum absolute atomic E-state index is 0.380. The number of carbonyl (C=O) groups is 1. The number of hydrogen-bond acceptors (Lipinski definition) is 3. The van der Waals surface area contributed by atoms with E-state index >= 15 is 0 Å². The summed E-state index contributed by atoms with van der Waals surface area (Å²) in [4.78, 5) is 31.8. The van der Waals surface area contributed by atoms with Crippen molar-refractivity contribution < 1.29 is 28.8 Å². The molecule has 0 aliphatic carbocycles. The molecule has 7 heteroatoms. The normalized spacial score (nSPS) is 9.54. The van der Waals surface area contributed by atoms with Crippen molar-refractivity contribution in [2.45, 2.75) is 6.42 Å². The Morgan fingerprint density at radius 2 is 1.85 bits per heavy atom. The van der Waals surface area contributed by atoms with E-state index in [0.29, 0.717) is 13.0 Å². The van der Waals surface area contributed by atoms with Crippen molar-refractivity contribution >= 4 is 13.8 Å². The van der Waals surface area contributed by atoms with E-state index in [1.807, 2.05) is 0 Å². The summed E-state index contributed by atoms with van der Waals surface area (Å²) in [6.45, 7) is 7.08. The van der Waals surface area contributed by atoms with Crippen LogP contribution in [0.1, 0.15) is 6.42 Å². The van der Waals surface area contributed by atoms with Crippen LogP contribution in [0, 0.1) is 6.92 Å². The monoisotopic (exact) mass is 211 g/mol. The predicted molar refractivity (Wildman–Crippen MR) is 45.4 cm³/mol. The Bertz CT molecular complexity index is 187. The lowest BCUT2D eigenvalue weighted by Crippen LogP contribution is -1.99. The Kier molecular flexibility index (Phi) is 9.06. The molecule has 77 valence electrons. The van der Waals surface area contributed by atoms with Gasteiger partial charge in [-0.25, -0.2) is 9.36 Å². The average molecular weight is 211 g/mol. The summed E-state index contributed by atoms with van der Waals surface area (Å²) >= 11 is 0. The largest absolute Gasteiger partial charge is 0.466 e. The lowest BCUT2D eigenvalue weighted by Gasteiger charge is -1.94. The van der Waals surface area contributed by atoms with E-state index in [1.54, 1.807) is 0 Å². The van der Waals surface area contributed by atoms with E-state index in [2.05, 4.69) is 18.2 Å². The Labute approximate surface area is 76.1 Å². The van der Waals surface area contributed by atoms with E-state index in [1.165, 1.54) is 0 Å². The van der Waals surface area contributed by atoms with Crippen LogP contribution in [-0.4, -0.2) is 27.3 Å². The van der Waals surface area contributed by atoms with Gasteiger partial charge in [0.15, 0.2) is 0 Å². The maximum absolute atomic E-state index is 10.2. The highest BCUT2D eigenvalue weighted by Crippen LogP contribution is 2.25. The van der Waals surface area contributed by atoms with E-state index in [4.69, 9.17) is 19.2 Å². The Morgan fingerprint density at radius 3 is 2.08 bits per heavy atom. The summed E-state index contributed by atoms with van der Waals surface area (Å²) in [7, 11) is -4.64. The fourth-order valence-electron chi connectivity index (χ4n) is 0.232. The van der Waals surface area contributed by atoms with Gasteiger partial charge in [-0.2, -0.15) is 0 Å². The molecule has 13 heavy (non-hydrogen) atoms. The molecule has 0 fully saturated rings. The van der Waals surface area contributed by atoms with Gasteiger partial charge in [-0.15, -0.1) is 0 Å². The SMILES string of the molecule is O=P(O)(O)O.[CH2]CCOC(=O)C=C. The number of esters is 1. The second-order valence-corrected chi connectivity index (χ2v) is 2.77. The van der Waals surface area contributed by atoms with E-state index in [0.717, 1.165) is 6.08 Å². The van der Waals surface area contributed by atoms with Crippen LogP contribution in [-0.2, 0) is 14.1 Å². The molecule has 0 aromatic heterocycles. The average Bonchev–Trinajstić information content (AvgIpc) is 1.97. The molecule has 0 bridgehead atoms. The number of ether oxygens (including phenoxy) is 1. The molecule has 1 radical (unpaired) electrons. The molecule has 3 N–H and O–H groups in total. The Hall–Kier alpha value is -0.680. The fraction of sp³-hybridized carbons (Fsp3) is 0.333. The molecule has 0 unspecified atom stereocenters. The zero-order valence-corrected chi connectivity index (χ0v) is 7.81. The highest BCUT2D eigenvalue weighted by molar-refractivity contribution is 7.45. The first kappa shape index (κ1) is 14.8. The molecule has 0 atom stereocenters. The Morgan fingerprint density at radius 1 is 1.46 bits per heavy atom. The van der Waals surface area contributed by atoms with Crippen molar-refractivity contribution in [1.82, 2.24) is 0 Å². The van der Waals surface area contributed by atoms with Crippen LogP contribution < -0.4 is 0 Å². The zero-order chi connectivity index (χ0) is 10.9. The van der Waals surface area contributed by atoms with Crippen LogP contribution in [0.25, 0.3) is 0 Å². The second kappa shape index (κ2) is 7.94. The molecule has 0 rings (SSSR count). The van der Waals surface area contributed by atoms with Gasteiger partial charge >= 0.3 is 13.8 Å². The van der Waals surface area contributed by atoms with E-state index < -0.39 is 7.82 Å². The molecule has 0 heterocycles. The summed E-state index contributed by atoms with van der Waals surface area (Å²) in [5, 5.41) is 0. The maximum atomic E-state index is 10.2. The topological polar surface area (TPSA) is 104 Å². The molecule has 0 saturated heterocycles. The lowest BCUT2D eigenvalue weighted by molar-refractivity contribution is -0.137. The standard InChI is InChI=1S/C6H9O2.H3O4P/c1-3-5-8-6(7)4-2;1-5(2,3)4/h4H,1-3,5H2;(H3,1,2,3,4). The summed E-state index contributed by atoms with van der Waals surface area (Å²) in [6.07, 6.45) is 1.75. The van der Waals surface area contributed by atoms with Crippen molar-refractivity contribution in [2.24, 2.45) is 0 Å². The maximum Gasteiger partial charge on any atom is 0.466 e. The van der Waals surface area contributed by atoms with Gasteiger partial charge in [0.25, 0.3) is 0 Å². The summed E-state index contributed by atoms with van der Waals surface area (Å²) in [5.74, 6) is -0.381. The number of rotatable bonds is 3. The van der Waals surface area contributed by atoms with E-state index in [9.17, 15) is 4.79 Å². The predicted octanol–water partition coefficient (Wildman–Crippen LogP) is 0.0112. The minimum atomic E-state index is -4.64. The Balaban J connectivity index is 0. The van der Waals surface area contributed by atoms with Crippen molar-refractivity contribution in [1.29, 1.82) is 0 Å². The third-order valence-corrected chi connectivity index (χ3v) is 0.555. The first-order valence-corrected chi connectivity index (χ1v) is 4.74. The molecule has 0 spiro atoms. The van der Waals surface area contributed by atoms with Gasteiger partial charge < -0.3 is 19.4 Å². The first-order chi connectivity index (χ1) is 5.81. The van der Waals surface area contributed by atoms with E-state index in [-0.39, 0.29) is 5.97 Å². The number of phosphoric acid groups is 1. The smallest absolute Gasteiger partial charge is 0.463 e. The molecular formula is C6H12O6P. The third kappa shape index (κ3) is 34.7. The summed E-state index contributed by atoms with van der Waals surface area (Å²) in [6, 6.07) is 0. The van der Waals surface area contributed by atoms with Crippen LogP contribution >= 0.6 is 7.82 Å². The number of carbonyl (C=O) groups excluding carboxylic acids is 1. The highest BCUT2D eigenvalue weighted by atomic mass is 31.2. The van der Waals surface area contributed by atoms with Crippen LogP contribution in [0.4, 0.5) is 0 Å². The van der Waals surface area contributed by atoms with Crippen molar-refractivity contribution in [3.05, 3.63) is 19.6 Å². The van der Waals surface area contributed by atoms with Crippen LogP contribution in [0.15, 0.2) is 12.7 Å². The first-order valence-electron chi connectivity index (χ1n) is 3.18. The van der Waals surface area contributed by atoms with Crippen molar-refractivity contribution in [3.8, 4) is 0 Å². The van der Waals surface area contributed by atoms with Gasteiger partial charge in [-0.1, -0.05) is 6.58 Å². The lowest BCUT2D eigenvalue weighted by atomic mass is 10.5. The highest BCUT2D eigenvalue weighted by Gasteiger charge is 2.00. The summed E-state index contributed by atoms with van der Waals surface area (Å²) in [5.41, 5.74) is 0. The molecule has 0 saturated carbocycles. The quantitative estimate of drug-likeness (QED) is 0.345. The van der Waals surface area contributed by atoms with Gasteiger partial charge in [0, 0.05) is 6.08 Å². The second-order valence-electron chi connectivity index (χ2n) is 1.74. The minimum Gasteiger partial charge on any atom is -0.463 e. The van der Waals surface area contributed by atoms with Gasteiger partial charge in [-0.05, 0) is 13.3 Å². The van der Waals surface area contributed by atoms with Crippen LogP contribution in [0.3, 0.4) is 0 Å². The molecule has 0 aromatic rings. The van der Waals surface area contributed by atoms with Gasteiger partial charge in [-0.3, -0.25) is 0 Å².